The molecule has 1 aliphatic heterocycles. The molecule has 18 heavy (non-hydrogen) atoms. The second kappa shape index (κ2) is 5.48. The van der Waals surface area contributed by atoms with Gasteiger partial charge in [0.25, 0.3) is 5.91 Å². The largest absolute Gasteiger partial charge is 0.338 e. The third-order valence-corrected chi connectivity index (χ3v) is 3.47. The molecule has 0 radical (unpaired) electrons. The summed E-state index contributed by atoms with van der Waals surface area (Å²) in [6, 6.07) is 4.56. The third kappa shape index (κ3) is 2.70. The lowest BCUT2D eigenvalue weighted by Gasteiger charge is -2.17. The molecule has 0 aliphatic carbocycles. The summed E-state index contributed by atoms with van der Waals surface area (Å²) in [5.41, 5.74) is 1.10. The summed E-state index contributed by atoms with van der Waals surface area (Å²) in [6.07, 6.45) is 1.03. The zero-order valence-electron chi connectivity index (χ0n) is 10.9. The minimum absolute atomic E-state index is 0.0108. The molecule has 98 valence electrons. The van der Waals surface area contributed by atoms with Gasteiger partial charge in [-0.15, -0.1) is 0 Å². The fraction of sp³-hybridized carbons (Fsp3) is 0.500. The highest BCUT2D eigenvalue weighted by molar-refractivity contribution is 5.94. The molecule has 0 bridgehead atoms. The van der Waals surface area contributed by atoms with Gasteiger partial charge in [0.15, 0.2) is 0 Å². The van der Waals surface area contributed by atoms with E-state index in [-0.39, 0.29) is 11.7 Å². The van der Waals surface area contributed by atoms with Gasteiger partial charge >= 0.3 is 0 Å². The van der Waals surface area contributed by atoms with Crippen LogP contribution in [0.5, 0.6) is 0 Å². The van der Waals surface area contributed by atoms with Gasteiger partial charge in [-0.1, -0.05) is 0 Å². The van der Waals surface area contributed by atoms with Crippen molar-refractivity contribution in [1.29, 1.82) is 0 Å². The van der Waals surface area contributed by atoms with E-state index in [1.807, 2.05) is 11.9 Å². The normalized spacial score (nSPS) is 19.3. The molecule has 0 aromatic heterocycles. The Bertz CT molecular complexity index is 447. The van der Waals surface area contributed by atoms with Crippen LogP contribution in [-0.2, 0) is 0 Å². The standard InChI is InChI=1S/C14H19FN2O/c1-10-7-12(3-4-13(10)15)14(18)17-6-5-11(9-17)8-16-2/h3-4,7,11,16H,5-6,8-9H2,1-2H3. The van der Waals surface area contributed by atoms with E-state index in [2.05, 4.69) is 5.32 Å². The van der Waals surface area contributed by atoms with Crippen molar-refractivity contribution in [1.82, 2.24) is 10.2 Å². The number of likely N-dealkylation sites (tertiary alicyclic amines) is 1. The molecule has 3 nitrogen and oxygen atoms in total. The molecule has 1 aromatic rings. The zero-order valence-corrected chi connectivity index (χ0v) is 10.9. The Morgan fingerprint density at radius 2 is 2.33 bits per heavy atom. The summed E-state index contributed by atoms with van der Waals surface area (Å²) < 4.78 is 13.2. The number of rotatable bonds is 3. The van der Waals surface area contributed by atoms with E-state index >= 15 is 0 Å². The summed E-state index contributed by atoms with van der Waals surface area (Å²) >= 11 is 0. The fourth-order valence-electron chi connectivity index (χ4n) is 2.43. The molecule has 1 atom stereocenters. The highest BCUT2D eigenvalue weighted by Crippen LogP contribution is 2.19. The average molecular weight is 250 g/mol. The van der Waals surface area contributed by atoms with Gasteiger partial charge in [0, 0.05) is 18.7 Å². The van der Waals surface area contributed by atoms with Crippen LogP contribution in [0.4, 0.5) is 4.39 Å². The SMILES string of the molecule is CNCC1CCN(C(=O)c2ccc(F)c(C)c2)C1. The van der Waals surface area contributed by atoms with Crippen LogP contribution in [0.25, 0.3) is 0 Å². The minimum atomic E-state index is -0.263. The van der Waals surface area contributed by atoms with Crippen LogP contribution in [0.15, 0.2) is 18.2 Å². The van der Waals surface area contributed by atoms with Gasteiger partial charge in [0.2, 0.25) is 0 Å². The van der Waals surface area contributed by atoms with Gasteiger partial charge in [-0.2, -0.15) is 0 Å². The molecule has 1 unspecified atom stereocenters. The molecule has 4 heteroatoms. The predicted octanol–water partition coefficient (Wildman–Crippen LogP) is 1.82. The summed E-state index contributed by atoms with van der Waals surface area (Å²) in [7, 11) is 1.92. The maximum Gasteiger partial charge on any atom is 0.253 e. The number of hydrogen-bond acceptors (Lipinski definition) is 2. The lowest BCUT2D eigenvalue weighted by Crippen LogP contribution is -2.30. The van der Waals surface area contributed by atoms with Crippen molar-refractivity contribution >= 4 is 5.91 Å². The Morgan fingerprint density at radius 1 is 1.56 bits per heavy atom. The molecule has 1 saturated heterocycles. The Labute approximate surface area is 107 Å². The first-order valence-corrected chi connectivity index (χ1v) is 6.32. The van der Waals surface area contributed by atoms with E-state index in [4.69, 9.17) is 0 Å². The van der Waals surface area contributed by atoms with E-state index in [0.29, 0.717) is 17.0 Å². The Morgan fingerprint density at radius 3 is 3.00 bits per heavy atom. The fourth-order valence-corrected chi connectivity index (χ4v) is 2.43. The first-order valence-electron chi connectivity index (χ1n) is 6.32. The Balaban J connectivity index is 2.05. The van der Waals surface area contributed by atoms with Crippen LogP contribution >= 0.6 is 0 Å². The molecule has 1 aromatic carbocycles. The highest BCUT2D eigenvalue weighted by Gasteiger charge is 2.26. The Kier molecular flexibility index (Phi) is 3.97. The van der Waals surface area contributed by atoms with Crippen molar-refractivity contribution in [2.45, 2.75) is 13.3 Å². The number of nitrogens with one attached hydrogen (secondary N) is 1. The van der Waals surface area contributed by atoms with Crippen molar-refractivity contribution in [3.63, 3.8) is 0 Å². The first kappa shape index (κ1) is 13.0. The molecular weight excluding hydrogens is 231 g/mol. The Hall–Kier alpha value is -1.42. The highest BCUT2D eigenvalue weighted by atomic mass is 19.1. The zero-order chi connectivity index (χ0) is 13.1. The maximum absolute atomic E-state index is 13.2. The predicted molar refractivity (Wildman–Crippen MR) is 69.1 cm³/mol. The number of carbonyl (C=O) groups excluding carboxylic acids is 1. The molecule has 1 fully saturated rings. The topological polar surface area (TPSA) is 32.3 Å². The molecule has 0 saturated carbocycles. The number of carbonyl (C=O) groups is 1. The van der Waals surface area contributed by atoms with Gasteiger partial charge < -0.3 is 10.2 Å². The van der Waals surface area contributed by atoms with Crippen LogP contribution in [-0.4, -0.2) is 37.5 Å². The van der Waals surface area contributed by atoms with E-state index < -0.39 is 0 Å². The van der Waals surface area contributed by atoms with Gasteiger partial charge in [-0.25, -0.2) is 4.39 Å². The lowest BCUT2D eigenvalue weighted by atomic mass is 10.1. The molecular formula is C14H19FN2O. The van der Waals surface area contributed by atoms with Crippen LogP contribution in [0.3, 0.4) is 0 Å². The second-order valence-electron chi connectivity index (χ2n) is 4.93. The number of amides is 1. The number of aryl methyl sites for hydroxylation is 1. The number of halogens is 1. The minimum Gasteiger partial charge on any atom is -0.338 e. The summed E-state index contributed by atoms with van der Waals surface area (Å²) in [5.74, 6) is 0.276. The van der Waals surface area contributed by atoms with Gasteiger partial charge in [0.05, 0.1) is 0 Å². The van der Waals surface area contributed by atoms with Crippen molar-refractivity contribution in [3.05, 3.63) is 35.1 Å². The summed E-state index contributed by atoms with van der Waals surface area (Å²) in [6.45, 7) is 4.20. The number of hydrogen-bond donors (Lipinski definition) is 1. The quantitative estimate of drug-likeness (QED) is 0.887. The van der Waals surface area contributed by atoms with E-state index in [0.717, 1.165) is 26.1 Å². The molecule has 2 rings (SSSR count). The van der Waals surface area contributed by atoms with Crippen LogP contribution < -0.4 is 5.32 Å². The van der Waals surface area contributed by atoms with Crippen LogP contribution in [0, 0.1) is 18.7 Å². The third-order valence-electron chi connectivity index (χ3n) is 3.47. The van der Waals surface area contributed by atoms with E-state index in [1.54, 1.807) is 19.1 Å². The lowest BCUT2D eigenvalue weighted by molar-refractivity contribution is 0.0787. The van der Waals surface area contributed by atoms with E-state index in [1.165, 1.54) is 6.07 Å². The summed E-state index contributed by atoms with van der Waals surface area (Å²) in [5, 5.41) is 3.14. The van der Waals surface area contributed by atoms with Crippen molar-refractivity contribution < 1.29 is 9.18 Å². The molecule has 0 spiro atoms. The van der Waals surface area contributed by atoms with E-state index in [9.17, 15) is 9.18 Å². The second-order valence-corrected chi connectivity index (χ2v) is 4.93. The monoisotopic (exact) mass is 250 g/mol. The van der Waals surface area contributed by atoms with Gasteiger partial charge in [-0.05, 0) is 56.6 Å². The first-order chi connectivity index (χ1) is 8.61. The number of nitrogens with zero attached hydrogens (tertiary/aromatic N) is 1. The number of benzene rings is 1. The molecule has 1 aliphatic rings. The van der Waals surface area contributed by atoms with Crippen LogP contribution in [0.2, 0.25) is 0 Å². The average Bonchev–Trinajstić information content (AvgIpc) is 2.81. The molecule has 1 heterocycles. The van der Waals surface area contributed by atoms with Gasteiger partial charge in [-0.3, -0.25) is 4.79 Å². The van der Waals surface area contributed by atoms with Crippen LogP contribution in [0.1, 0.15) is 22.3 Å². The maximum atomic E-state index is 13.2. The van der Waals surface area contributed by atoms with Crippen molar-refractivity contribution in [2.75, 3.05) is 26.7 Å². The van der Waals surface area contributed by atoms with Crippen molar-refractivity contribution in [3.8, 4) is 0 Å². The van der Waals surface area contributed by atoms with Gasteiger partial charge in [0.1, 0.15) is 5.82 Å². The molecule has 1 N–H and O–H groups in total. The van der Waals surface area contributed by atoms with Crippen molar-refractivity contribution in [2.24, 2.45) is 5.92 Å². The molecule has 1 amide bonds. The summed E-state index contributed by atoms with van der Waals surface area (Å²) in [4.78, 5) is 14.1. The smallest absolute Gasteiger partial charge is 0.253 e.